The number of nitrogens with zero attached hydrogens (tertiary/aromatic N) is 2. The molecule has 0 fully saturated rings. The predicted octanol–water partition coefficient (Wildman–Crippen LogP) is 2.26. The highest BCUT2D eigenvalue weighted by Crippen LogP contribution is 2.20. The first-order valence-corrected chi connectivity index (χ1v) is 4.32. The molecule has 1 N–H and O–H groups in total. The lowest BCUT2D eigenvalue weighted by molar-refractivity contribution is 1.09. The van der Waals surface area contributed by atoms with Crippen molar-refractivity contribution in [3.63, 3.8) is 0 Å². The molecule has 0 saturated heterocycles. The maximum Gasteiger partial charge on any atom is 0.103 e. The standard InChI is InChI=1S/C11H9N3/c1-8-2-4-9(5-3-8)11-10(6-12)7-13-14-11/h2-5,7H,1H3,(H,13,14). The fourth-order valence-corrected chi connectivity index (χ4v) is 1.31. The number of aromatic nitrogens is 2. The van der Waals surface area contributed by atoms with Crippen molar-refractivity contribution in [1.29, 1.82) is 5.26 Å². The van der Waals surface area contributed by atoms with Crippen LogP contribution >= 0.6 is 0 Å². The van der Waals surface area contributed by atoms with E-state index in [0.29, 0.717) is 5.56 Å². The van der Waals surface area contributed by atoms with Gasteiger partial charge in [0.2, 0.25) is 0 Å². The molecule has 0 spiro atoms. The normalized spacial score (nSPS) is 9.71. The maximum absolute atomic E-state index is 8.81. The molecule has 2 rings (SSSR count). The molecule has 14 heavy (non-hydrogen) atoms. The van der Waals surface area contributed by atoms with Crippen LogP contribution in [0.25, 0.3) is 11.3 Å². The summed E-state index contributed by atoms with van der Waals surface area (Å²) in [6.45, 7) is 2.03. The summed E-state index contributed by atoms with van der Waals surface area (Å²) in [5.74, 6) is 0. The van der Waals surface area contributed by atoms with Crippen LogP contribution in [0.15, 0.2) is 30.5 Å². The highest BCUT2D eigenvalue weighted by molar-refractivity contribution is 5.65. The molecule has 1 aromatic heterocycles. The fraction of sp³-hybridized carbons (Fsp3) is 0.0909. The third-order valence-electron chi connectivity index (χ3n) is 2.10. The first-order chi connectivity index (χ1) is 6.81. The van der Waals surface area contributed by atoms with Crippen LogP contribution in [-0.4, -0.2) is 10.2 Å². The van der Waals surface area contributed by atoms with Gasteiger partial charge >= 0.3 is 0 Å². The SMILES string of the molecule is Cc1ccc(-c2[nH]ncc2C#N)cc1. The predicted molar refractivity (Wildman–Crippen MR) is 53.5 cm³/mol. The highest BCUT2D eigenvalue weighted by atomic mass is 15.1. The second-order valence-corrected chi connectivity index (χ2v) is 3.14. The lowest BCUT2D eigenvalue weighted by Crippen LogP contribution is -1.81. The maximum atomic E-state index is 8.81. The third kappa shape index (κ3) is 1.38. The summed E-state index contributed by atoms with van der Waals surface area (Å²) in [4.78, 5) is 0. The van der Waals surface area contributed by atoms with Crippen molar-refractivity contribution >= 4 is 0 Å². The molecule has 0 aliphatic heterocycles. The van der Waals surface area contributed by atoms with E-state index < -0.39 is 0 Å². The molecule has 1 aromatic carbocycles. The third-order valence-corrected chi connectivity index (χ3v) is 2.10. The topological polar surface area (TPSA) is 52.5 Å². The largest absolute Gasteiger partial charge is 0.276 e. The van der Waals surface area contributed by atoms with Crippen molar-refractivity contribution in [3.8, 4) is 17.3 Å². The van der Waals surface area contributed by atoms with Gasteiger partial charge in [0.1, 0.15) is 6.07 Å². The molecule has 0 bridgehead atoms. The van der Waals surface area contributed by atoms with E-state index in [2.05, 4.69) is 16.3 Å². The van der Waals surface area contributed by atoms with Gasteiger partial charge in [-0.1, -0.05) is 29.8 Å². The number of rotatable bonds is 1. The monoisotopic (exact) mass is 183 g/mol. The van der Waals surface area contributed by atoms with Gasteiger partial charge in [0.15, 0.2) is 0 Å². The Balaban J connectivity index is 2.50. The number of aromatic amines is 1. The van der Waals surface area contributed by atoms with Crippen molar-refractivity contribution in [2.45, 2.75) is 6.92 Å². The van der Waals surface area contributed by atoms with Gasteiger partial charge in [0.25, 0.3) is 0 Å². The molecule has 3 heteroatoms. The Morgan fingerprint density at radius 3 is 2.64 bits per heavy atom. The number of nitriles is 1. The van der Waals surface area contributed by atoms with E-state index >= 15 is 0 Å². The van der Waals surface area contributed by atoms with Crippen LogP contribution in [-0.2, 0) is 0 Å². The van der Waals surface area contributed by atoms with Gasteiger partial charge in [-0.25, -0.2) is 0 Å². The zero-order valence-corrected chi connectivity index (χ0v) is 7.78. The second-order valence-electron chi connectivity index (χ2n) is 3.14. The summed E-state index contributed by atoms with van der Waals surface area (Å²) in [5.41, 5.74) is 3.55. The van der Waals surface area contributed by atoms with Gasteiger partial charge in [-0.15, -0.1) is 0 Å². The lowest BCUT2D eigenvalue weighted by atomic mass is 10.1. The molecule has 0 saturated carbocycles. The van der Waals surface area contributed by atoms with Gasteiger partial charge in [0, 0.05) is 5.56 Å². The molecule has 0 aliphatic rings. The minimum Gasteiger partial charge on any atom is -0.276 e. The van der Waals surface area contributed by atoms with Crippen LogP contribution in [0, 0.1) is 18.3 Å². The first-order valence-electron chi connectivity index (χ1n) is 4.32. The van der Waals surface area contributed by atoms with Crippen molar-refractivity contribution in [2.75, 3.05) is 0 Å². The molecule has 0 atom stereocenters. The lowest BCUT2D eigenvalue weighted by Gasteiger charge is -1.98. The van der Waals surface area contributed by atoms with E-state index in [0.717, 1.165) is 11.3 Å². The number of benzene rings is 1. The van der Waals surface area contributed by atoms with Crippen molar-refractivity contribution in [3.05, 3.63) is 41.6 Å². The first kappa shape index (κ1) is 8.52. The van der Waals surface area contributed by atoms with E-state index in [1.165, 1.54) is 11.8 Å². The van der Waals surface area contributed by atoms with Crippen LogP contribution in [0.4, 0.5) is 0 Å². The molecule has 0 unspecified atom stereocenters. The molecule has 1 heterocycles. The van der Waals surface area contributed by atoms with Gasteiger partial charge in [-0.05, 0) is 6.92 Å². The Bertz CT molecular complexity index is 474. The number of aryl methyl sites for hydroxylation is 1. The van der Waals surface area contributed by atoms with Gasteiger partial charge < -0.3 is 0 Å². The van der Waals surface area contributed by atoms with Gasteiger partial charge in [-0.3, -0.25) is 5.10 Å². The highest BCUT2D eigenvalue weighted by Gasteiger charge is 2.05. The molecule has 68 valence electrons. The van der Waals surface area contributed by atoms with Crippen LogP contribution in [0.3, 0.4) is 0 Å². The van der Waals surface area contributed by atoms with Crippen molar-refractivity contribution in [2.24, 2.45) is 0 Å². The average molecular weight is 183 g/mol. The fourth-order valence-electron chi connectivity index (χ4n) is 1.31. The van der Waals surface area contributed by atoms with Crippen LogP contribution in [0.5, 0.6) is 0 Å². The van der Waals surface area contributed by atoms with E-state index in [9.17, 15) is 0 Å². The van der Waals surface area contributed by atoms with Crippen LogP contribution in [0.1, 0.15) is 11.1 Å². The molecule has 0 amide bonds. The number of hydrogen-bond acceptors (Lipinski definition) is 2. The Hall–Kier alpha value is -2.08. The second kappa shape index (κ2) is 3.35. The average Bonchev–Trinajstić information content (AvgIpc) is 2.67. The van der Waals surface area contributed by atoms with E-state index in [1.807, 2.05) is 31.2 Å². The Morgan fingerprint density at radius 2 is 2.00 bits per heavy atom. The number of nitrogens with one attached hydrogen (secondary N) is 1. The molecule has 3 nitrogen and oxygen atoms in total. The van der Waals surface area contributed by atoms with Crippen molar-refractivity contribution in [1.82, 2.24) is 10.2 Å². The summed E-state index contributed by atoms with van der Waals surface area (Å²) >= 11 is 0. The zero-order valence-electron chi connectivity index (χ0n) is 7.78. The van der Waals surface area contributed by atoms with Crippen molar-refractivity contribution < 1.29 is 0 Å². The number of H-pyrrole nitrogens is 1. The molecular formula is C11H9N3. The summed E-state index contributed by atoms with van der Waals surface area (Å²) in [7, 11) is 0. The summed E-state index contributed by atoms with van der Waals surface area (Å²) in [6, 6.07) is 10.1. The molecule has 0 radical (unpaired) electrons. The molecular weight excluding hydrogens is 174 g/mol. The Labute approximate surface area is 82.0 Å². The van der Waals surface area contributed by atoms with Crippen LogP contribution in [0.2, 0.25) is 0 Å². The van der Waals surface area contributed by atoms with Gasteiger partial charge in [-0.2, -0.15) is 10.4 Å². The smallest absolute Gasteiger partial charge is 0.103 e. The van der Waals surface area contributed by atoms with E-state index in [1.54, 1.807) is 0 Å². The molecule has 0 aliphatic carbocycles. The minimum atomic E-state index is 0.578. The summed E-state index contributed by atoms with van der Waals surface area (Å²) < 4.78 is 0. The van der Waals surface area contributed by atoms with E-state index in [-0.39, 0.29) is 0 Å². The zero-order chi connectivity index (χ0) is 9.97. The summed E-state index contributed by atoms with van der Waals surface area (Å²) in [6.07, 6.45) is 1.54. The quantitative estimate of drug-likeness (QED) is 0.737. The molecule has 2 aromatic rings. The van der Waals surface area contributed by atoms with Crippen LogP contribution < -0.4 is 0 Å². The minimum absolute atomic E-state index is 0.578. The van der Waals surface area contributed by atoms with Gasteiger partial charge in [0.05, 0.1) is 17.5 Å². The Morgan fingerprint density at radius 1 is 1.29 bits per heavy atom. The Kier molecular flexibility index (Phi) is 2.04. The van der Waals surface area contributed by atoms with E-state index in [4.69, 9.17) is 5.26 Å². The summed E-state index contributed by atoms with van der Waals surface area (Å²) in [5, 5.41) is 15.5. The number of hydrogen-bond donors (Lipinski definition) is 1.